The van der Waals surface area contributed by atoms with Crippen molar-refractivity contribution in [1.29, 1.82) is 0 Å². The van der Waals surface area contributed by atoms with E-state index >= 15 is 0 Å². The second-order valence-corrected chi connectivity index (χ2v) is 6.21. The van der Waals surface area contributed by atoms with E-state index in [9.17, 15) is 0 Å². The maximum Gasteiger partial charge on any atom is 0.0457 e. The van der Waals surface area contributed by atoms with Crippen molar-refractivity contribution in [3.8, 4) is 10.4 Å². The number of hydrogen-bond acceptors (Lipinski definition) is 2. The summed E-state index contributed by atoms with van der Waals surface area (Å²) in [5.74, 6) is 0. The highest BCUT2D eigenvalue weighted by molar-refractivity contribution is 9.10. The molecule has 0 saturated carbocycles. The molecule has 0 unspecified atom stereocenters. The molecule has 0 amide bonds. The first-order valence-corrected chi connectivity index (χ1v) is 7.05. The minimum atomic E-state index is 1.13. The number of hydrogen-bond donors (Lipinski definition) is 0. The minimum absolute atomic E-state index is 1.13. The fraction of sp³-hybridized carbons (Fsp3) is 0. The molecule has 2 heterocycles. The predicted molar refractivity (Wildman–Crippen MR) is 72.8 cm³/mol. The molecule has 2 aromatic heterocycles. The fourth-order valence-corrected chi connectivity index (χ4v) is 3.90. The molecule has 0 bridgehead atoms. The number of rotatable bonds is 1. The van der Waals surface area contributed by atoms with Gasteiger partial charge in [-0.2, -0.15) is 0 Å². The molecule has 3 heteroatoms. The molecule has 0 aliphatic rings. The van der Waals surface area contributed by atoms with E-state index in [1.807, 2.05) is 22.7 Å². The highest BCUT2D eigenvalue weighted by Crippen LogP contribution is 2.36. The third kappa shape index (κ3) is 1.75. The van der Waals surface area contributed by atoms with Gasteiger partial charge >= 0.3 is 0 Å². The van der Waals surface area contributed by atoms with Gasteiger partial charge in [-0.1, -0.05) is 28.1 Å². The van der Waals surface area contributed by atoms with Crippen molar-refractivity contribution >= 4 is 48.0 Å². The second-order valence-electron chi connectivity index (χ2n) is 3.27. The van der Waals surface area contributed by atoms with Crippen LogP contribution in [-0.2, 0) is 0 Å². The predicted octanol–water partition coefficient (Wildman–Crippen LogP) is 5.39. The Morgan fingerprint density at radius 3 is 2.47 bits per heavy atom. The van der Waals surface area contributed by atoms with Crippen LogP contribution >= 0.6 is 38.6 Å². The molecule has 0 saturated heterocycles. The van der Waals surface area contributed by atoms with Crippen LogP contribution in [0.4, 0.5) is 0 Å². The van der Waals surface area contributed by atoms with Gasteiger partial charge in [-0.05, 0) is 35.2 Å². The zero-order valence-corrected chi connectivity index (χ0v) is 11.0. The van der Waals surface area contributed by atoms with Crippen LogP contribution in [0.15, 0.2) is 46.3 Å². The van der Waals surface area contributed by atoms with Gasteiger partial charge in [0.2, 0.25) is 0 Å². The summed E-state index contributed by atoms with van der Waals surface area (Å²) in [5, 5.41) is 2.15. The molecule has 0 fully saturated rings. The molecule has 0 N–H and O–H groups in total. The molecule has 74 valence electrons. The zero-order chi connectivity index (χ0) is 10.3. The van der Waals surface area contributed by atoms with Gasteiger partial charge in [-0.25, -0.2) is 0 Å². The third-order valence-electron chi connectivity index (χ3n) is 2.27. The summed E-state index contributed by atoms with van der Waals surface area (Å²) in [7, 11) is 0. The van der Waals surface area contributed by atoms with E-state index in [-0.39, 0.29) is 0 Å². The van der Waals surface area contributed by atoms with Crippen LogP contribution in [0.3, 0.4) is 0 Å². The van der Waals surface area contributed by atoms with Crippen molar-refractivity contribution in [1.82, 2.24) is 0 Å². The van der Waals surface area contributed by atoms with Crippen LogP contribution in [0.5, 0.6) is 0 Å². The Labute approximate surface area is 104 Å². The summed E-state index contributed by atoms with van der Waals surface area (Å²) >= 11 is 7.12. The summed E-state index contributed by atoms with van der Waals surface area (Å²) in [6.45, 7) is 0. The van der Waals surface area contributed by atoms with E-state index in [1.165, 1.54) is 19.8 Å². The summed E-state index contributed by atoms with van der Waals surface area (Å²) < 4.78 is 3.90. The Kier molecular flexibility index (Phi) is 2.39. The minimum Gasteiger partial charge on any atom is -0.143 e. The van der Waals surface area contributed by atoms with E-state index in [4.69, 9.17) is 0 Å². The molecule has 0 aliphatic carbocycles. The number of fused-ring (bicyclic) bond motifs is 1. The van der Waals surface area contributed by atoms with E-state index in [1.54, 1.807) is 0 Å². The average Bonchev–Trinajstić information content (AvgIpc) is 2.78. The van der Waals surface area contributed by atoms with Gasteiger partial charge in [-0.3, -0.25) is 0 Å². The molecule has 3 rings (SSSR count). The molecule has 3 aromatic rings. The fourth-order valence-electron chi connectivity index (χ4n) is 1.52. The Balaban J connectivity index is 2.13. The van der Waals surface area contributed by atoms with E-state index in [2.05, 4.69) is 57.7 Å². The smallest absolute Gasteiger partial charge is 0.0457 e. The first kappa shape index (κ1) is 9.58. The first-order valence-electron chi connectivity index (χ1n) is 4.56. The van der Waals surface area contributed by atoms with Crippen LogP contribution < -0.4 is 0 Å². The van der Waals surface area contributed by atoms with Gasteiger partial charge in [0, 0.05) is 18.7 Å². The molecule has 15 heavy (non-hydrogen) atoms. The monoisotopic (exact) mass is 294 g/mol. The van der Waals surface area contributed by atoms with Crippen molar-refractivity contribution in [3.05, 3.63) is 46.3 Å². The number of thiophene rings is 2. The maximum atomic E-state index is 3.45. The van der Waals surface area contributed by atoms with Crippen LogP contribution in [0.1, 0.15) is 0 Å². The lowest BCUT2D eigenvalue weighted by Gasteiger charge is -1.96. The molecule has 0 aliphatic heterocycles. The Morgan fingerprint density at radius 2 is 1.73 bits per heavy atom. The normalized spacial score (nSPS) is 11.0. The van der Waals surface area contributed by atoms with Gasteiger partial charge in [0.1, 0.15) is 0 Å². The lowest BCUT2D eigenvalue weighted by atomic mass is 10.2. The van der Waals surface area contributed by atoms with Gasteiger partial charge in [0.15, 0.2) is 0 Å². The van der Waals surface area contributed by atoms with E-state index in [0.29, 0.717) is 0 Å². The summed E-state index contributed by atoms with van der Waals surface area (Å²) in [4.78, 5) is 1.35. The Bertz CT molecular complexity index is 561. The van der Waals surface area contributed by atoms with Crippen LogP contribution in [0.2, 0.25) is 0 Å². The Hall–Kier alpha value is -0.640. The van der Waals surface area contributed by atoms with Crippen molar-refractivity contribution < 1.29 is 0 Å². The molecular weight excluding hydrogens is 288 g/mol. The number of halogens is 1. The Morgan fingerprint density at radius 1 is 0.933 bits per heavy atom. The lowest BCUT2D eigenvalue weighted by Crippen LogP contribution is -1.70. The quantitative estimate of drug-likeness (QED) is 0.564. The van der Waals surface area contributed by atoms with Crippen LogP contribution in [-0.4, -0.2) is 0 Å². The summed E-state index contributed by atoms with van der Waals surface area (Å²) in [5.41, 5.74) is 1.30. The maximum absolute atomic E-state index is 3.45. The van der Waals surface area contributed by atoms with Gasteiger partial charge < -0.3 is 0 Å². The molecular formula is C12H7BrS2. The standard InChI is InChI=1S/C12H7BrS2/c13-9-3-1-8(2-4-9)11-7-12-10(15-11)5-6-14-12/h1-7H. The number of benzene rings is 1. The SMILES string of the molecule is Brc1ccc(-c2cc3sccc3s2)cc1. The lowest BCUT2D eigenvalue weighted by molar-refractivity contribution is 1.65. The van der Waals surface area contributed by atoms with E-state index in [0.717, 1.165) is 4.47 Å². The largest absolute Gasteiger partial charge is 0.143 e. The van der Waals surface area contributed by atoms with Crippen molar-refractivity contribution in [2.45, 2.75) is 0 Å². The molecule has 0 atom stereocenters. The van der Waals surface area contributed by atoms with Crippen LogP contribution in [0.25, 0.3) is 19.8 Å². The summed E-state index contributed by atoms with van der Waals surface area (Å²) in [6, 6.07) is 12.9. The average molecular weight is 295 g/mol. The highest BCUT2D eigenvalue weighted by Gasteiger charge is 2.04. The van der Waals surface area contributed by atoms with Gasteiger partial charge in [0.25, 0.3) is 0 Å². The van der Waals surface area contributed by atoms with Gasteiger partial charge in [0.05, 0.1) is 0 Å². The molecule has 0 radical (unpaired) electrons. The zero-order valence-electron chi connectivity index (χ0n) is 7.74. The van der Waals surface area contributed by atoms with E-state index < -0.39 is 0 Å². The molecule has 1 aromatic carbocycles. The summed E-state index contributed by atoms with van der Waals surface area (Å²) in [6.07, 6.45) is 0. The first-order chi connectivity index (χ1) is 7.33. The van der Waals surface area contributed by atoms with Crippen LogP contribution in [0, 0.1) is 0 Å². The van der Waals surface area contributed by atoms with Gasteiger partial charge in [-0.15, -0.1) is 22.7 Å². The van der Waals surface area contributed by atoms with Crippen molar-refractivity contribution in [2.75, 3.05) is 0 Å². The third-order valence-corrected chi connectivity index (χ3v) is 4.94. The molecule has 0 nitrogen and oxygen atoms in total. The second kappa shape index (κ2) is 3.74. The highest BCUT2D eigenvalue weighted by atomic mass is 79.9. The van der Waals surface area contributed by atoms with Crippen molar-refractivity contribution in [3.63, 3.8) is 0 Å². The molecule has 0 spiro atoms. The topological polar surface area (TPSA) is 0 Å². The van der Waals surface area contributed by atoms with Crippen molar-refractivity contribution in [2.24, 2.45) is 0 Å².